The van der Waals surface area contributed by atoms with Crippen LogP contribution in [0.1, 0.15) is 13.3 Å². The predicted octanol–water partition coefficient (Wildman–Crippen LogP) is 0.809. The van der Waals surface area contributed by atoms with E-state index in [2.05, 4.69) is 24.4 Å². The van der Waals surface area contributed by atoms with E-state index >= 15 is 0 Å². The Labute approximate surface area is 97.0 Å². The Morgan fingerprint density at radius 3 is 2.80 bits per heavy atom. The van der Waals surface area contributed by atoms with Crippen LogP contribution in [0.5, 0.6) is 0 Å². The van der Waals surface area contributed by atoms with E-state index in [1.165, 1.54) is 0 Å². The molecule has 0 saturated heterocycles. The molecule has 0 aliphatic carbocycles. The molecule has 0 aromatic rings. The molecule has 0 aliphatic rings. The van der Waals surface area contributed by atoms with E-state index in [-0.39, 0.29) is 5.91 Å². The zero-order valence-electron chi connectivity index (χ0n) is 9.75. The molecular formula is C11H20N2OS. The lowest BCUT2D eigenvalue weighted by molar-refractivity contribution is -0.130. The van der Waals surface area contributed by atoms with E-state index in [4.69, 9.17) is 6.42 Å². The number of thioether (sulfide) groups is 1. The molecule has 1 N–H and O–H groups in total. The molecule has 3 nitrogen and oxygen atoms in total. The molecule has 4 heteroatoms. The van der Waals surface area contributed by atoms with Crippen molar-refractivity contribution < 1.29 is 4.79 Å². The summed E-state index contributed by atoms with van der Waals surface area (Å²) in [5, 5.41) is 2.90. The number of hydrogen-bond donors (Lipinski definition) is 1. The predicted molar refractivity (Wildman–Crippen MR) is 66.9 cm³/mol. The number of likely N-dealkylation sites (N-methyl/N-ethyl adjacent to an activating group) is 1. The van der Waals surface area contributed by atoms with E-state index in [1.807, 2.05) is 7.05 Å². The van der Waals surface area contributed by atoms with Crippen molar-refractivity contribution in [1.82, 2.24) is 10.2 Å². The molecule has 1 amide bonds. The number of carbonyl (C=O) groups is 1. The number of rotatable bonds is 7. The summed E-state index contributed by atoms with van der Waals surface area (Å²) in [7, 11) is 1.85. The van der Waals surface area contributed by atoms with Gasteiger partial charge in [-0.1, -0.05) is 12.8 Å². The molecule has 0 radical (unpaired) electrons. The smallest absolute Gasteiger partial charge is 0.236 e. The Bertz CT molecular complexity index is 225. The lowest BCUT2D eigenvalue weighted by Gasteiger charge is -2.26. The topological polar surface area (TPSA) is 32.3 Å². The Morgan fingerprint density at radius 2 is 2.33 bits per heavy atom. The molecular weight excluding hydrogens is 208 g/mol. The Balaban J connectivity index is 3.99. The second-order valence-corrected chi connectivity index (χ2v) is 4.24. The fourth-order valence-electron chi connectivity index (χ4n) is 1.27. The number of hydrogen-bond acceptors (Lipinski definition) is 3. The second-order valence-electron chi connectivity index (χ2n) is 3.33. The summed E-state index contributed by atoms with van der Waals surface area (Å²) < 4.78 is 0. The maximum atomic E-state index is 11.7. The molecule has 0 fully saturated rings. The summed E-state index contributed by atoms with van der Waals surface area (Å²) in [6.45, 7) is 2.87. The highest BCUT2D eigenvalue weighted by atomic mass is 32.2. The van der Waals surface area contributed by atoms with Crippen molar-refractivity contribution in [3.63, 3.8) is 0 Å². The van der Waals surface area contributed by atoms with Gasteiger partial charge in [-0.15, -0.1) is 6.42 Å². The van der Waals surface area contributed by atoms with Gasteiger partial charge in [-0.25, -0.2) is 0 Å². The van der Waals surface area contributed by atoms with Gasteiger partial charge in [0.15, 0.2) is 0 Å². The minimum Gasteiger partial charge on any atom is -0.341 e. The Morgan fingerprint density at radius 1 is 1.67 bits per heavy atom. The van der Waals surface area contributed by atoms with Gasteiger partial charge < -0.3 is 4.90 Å². The summed E-state index contributed by atoms with van der Waals surface area (Å²) in [6.07, 6.45) is 8.12. The van der Waals surface area contributed by atoms with Gasteiger partial charge in [0.25, 0.3) is 0 Å². The molecule has 0 aliphatic heterocycles. The van der Waals surface area contributed by atoms with Gasteiger partial charge in [0.2, 0.25) is 5.91 Å². The van der Waals surface area contributed by atoms with E-state index < -0.39 is 0 Å². The summed E-state index contributed by atoms with van der Waals surface area (Å²) in [4.78, 5) is 13.5. The van der Waals surface area contributed by atoms with Crippen LogP contribution in [0.15, 0.2) is 0 Å². The van der Waals surface area contributed by atoms with Gasteiger partial charge in [-0.2, -0.15) is 11.8 Å². The third-order valence-corrected chi connectivity index (χ3v) is 2.99. The highest BCUT2D eigenvalue weighted by Crippen LogP contribution is 2.08. The molecule has 0 aromatic heterocycles. The highest BCUT2D eigenvalue weighted by molar-refractivity contribution is 7.98. The summed E-state index contributed by atoms with van der Waals surface area (Å²) >= 11 is 1.76. The third-order valence-electron chi connectivity index (χ3n) is 2.27. The first-order valence-corrected chi connectivity index (χ1v) is 6.45. The van der Waals surface area contributed by atoms with Crippen molar-refractivity contribution in [2.45, 2.75) is 19.4 Å². The lowest BCUT2D eigenvalue weighted by Crippen LogP contribution is -2.43. The average Bonchev–Trinajstić information content (AvgIpc) is 2.25. The minimum atomic E-state index is 0.103. The Hall–Kier alpha value is -0.660. The maximum Gasteiger partial charge on any atom is 0.236 e. The van der Waals surface area contributed by atoms with Gasteiger partial charge in [-0.05, 0) is 12.7 Å². The number of nitrogens with zero attached hydrogens (tertiary/aromatic N) is 1. The average molecular weight is 228 g/mol. The van der Waals surface area contributed by atoms with Gasteiger partial charge in [0.05, 0.1) is 13.1 Å². The first kappa shape index (κ1) is 14.3. The fraction of sp³-hybridized carbons (Fsp3) is 0.727. The zero-order chi connectivity index (χ0) is 11.7. The third kappa shape index (κ3) is 5.71. The van der Waals surface area contributed by atoms with E-state index in [0.29, 0.717) is 19.1 Å². The Kier molecular flexibility index (Phi) is 8.25. The molecule has 0 bridgehead atoms. The first-order valence-electron chi connectivity index (χ1n) is 5.06. The quantitative estimate of drug-likeness (QED) is 0.517. The SMILES string of the molecule is C#CCNCC(=O)N(C)C(CC)CSC. The van der Waals surface area contributed by atoms with E-state index in [1.54, 1.807) is 16.7 Å². The van der Waals surface area contributed by atoms with Gasteiger partial charge in [-0.3, -0.25) is 10.1 Å². The number of terminal acetylenes is 1. The lowest BCUT2D eigenvalue weighted by atomic mass is 10.2. The maximum absolute atomic E-state index is 11.7. The normalized spacial score (nSPS) is 11.9. The molecule has 0 aromatic carbocycles. The molecule has 0 saturated carbocycles. The van der Waals surface area contributed by atoms with E-state index in [9.17, 15) is 4.79 Å². The van der Waals surface area contributed by atoms with Crippen LogP contribution in [0.25, 0.3) is 0 Å². The fourth-order valence-corrected chi connectivity index (χ4v) is 2.11. The molecule has 1 unspecified atom stereocenters. The van der Waals surface area contributed by atoms with Gasteiger partial charge in [0, 0.05) is 18.8 Å². The van der Waals surface area contributed by atoms with Crippen molar-refractivity contribution in [2.75, 3.05) is 32.1 Å². The van der Waals surface area contributed by atoms with Crippen LogP contribution in [0, 0.1) is 12.3 Å². The van der Waals surface area contributed by atoms with Crippen molar-refractivity contribution in [3.05, 3.63) is 0 Å². The van der Waals surface area contributed by atoms with Crippen LogP contribution in [0.2, 0.25) is 0 Å². The van der Waals surface area contributed by atoms with Crippen molar-refractivity contribution in [3.8, 4) is 12.3 Å². The zero-order valence-corrected chi connectivity index (χ0v) is 10.6. The molecule has 0 spiro atoms. The number of nitrogens with one attached hydrogen (secondary N) is 1. The van der Waals surface area contributed by atoms with Crippen molar-refractivity contribution in [2.24, 2.45) is 0 Å². The summed E-state index contributed by atoms with van der Waals surface area (Å²) in [6, 6.07) is 0.320. The molecule has 15 heavy (non-hydrogen) atoms. The van der Waals surface area contributed by atoms with Crippen molar-refractivity contribution >= 4 is 17.7 Å². The molecule has 1 atom stereocenters. The minimum absolute atomic E-state index is 0.103. The van der Waals surface area contributed by atoms with Crippen LogP contribution >= 0.6 is 11.8 Å². The van der Waals surface area contributed by atoms with Gasteiger partial charge in [0.1, 0.15) is 0 Å². The number of amides is 1. The number of carbonyl (C=O) groups excluding carboxylic acids is 1. The largest absolute Gasteiger partial charge is 0.341 e. The van der Waals surface area contributed by atoms with Crippen LogP contribution in [-0.2, 0) is 4.79 Å². The van der Waals surface area contributed by atoms with Crippen LogP contribution in [0.3, 0.4) is 0 Å². The monoisotopic (exact) mass is 228 g/mol. The highest BCUT2D eigenvalue weighted by Gasteiger charge is 2.16. The molecule has 0 rings (SSSR count). The first-order chi connectivity index (χ1) is 7.17. The van der Waals surface area contributed by atoms with E-state index in [0.717, 1.165) is 12.2 Å². The molecule has 86 valence electrons. The molecule has 0 heterocycles. The summed E-state index contributed by atoms with van der Waals surface area (Å²) in [5.74, 6) is 3.53. The van der Waals surface area contributed by atoms with Crippen molar-refractivity contribution in [1.29, 1.82) is 0 Å². The van der Waals surface area contributed by atoms with Crippen LogP contribution in [0.4, 0.5) is 0 Å². The summed E-state index contributed by atoms with van der Waals surface area (Å²) in [5.41, 5.74) is 0. The van der Waals surface area contributed by atoms with Gasteiger partial charge >= 0.3 is 0 Å². The van der Waals surface area contributed by atoms with Crippen LogP contribution < -0.4 is 5.32 Å². The van der Waals surface area contributed by atoms with Crippen LogP contribution in [-0.4, -0.2) is 49.0 Å². The standard InChI is InChI=1S/C11H20N2OS/c1-5-7-12-8-11(14)13(3)10(6-2)9-15-4/h1,10,12H,6-9H2,2-4H3. The second kappa shape index (κ2) is 8.63.